The predicted molar refractivity (Wildman–Crippen MR) is 89.3 cm³/mol. The van der Waals surface area contributed by atoms with Crippen molar-refractivity contribution in [3.8, 4) is 11.5 Å². The Bertz CT molecular complexity index is 771. The average Bonchev–Trinajstić information content (AvgIpc) is 3.00. The molecule has 2 aliphatic rings. The summed E-state index contributed by atoms with van der Waals surface area (Å²) in [7, 11) is -1.87. The Hall–Kier alpha value is -1.84. The molecule has 2 aliphatic heterocycles. The van der Waals surface area contributed by atoms with Crippen molar-refractivity contribution in [2.75, 3.05) is 33.5 Å². The number of nitrogens with zero attached hydrogens (tertiary/aromatic N) is 2. The highest BCUT2D eigenvalue weighted by Crippen LogP contribution is 2.37. The van der Waals surface area contributed by atoms with Gasteiger partial charge >= 0.3 is 5.97 Å². The first-order valence-corrected chi connectivity index (χ1v) is 9.55. The minimum absolute atomic E-state index is 0.0430. The van der Waals surface area contributed by atoms with E-state index in [0.29, 0.717) is 43.0 Å². The molecule has 0 saturated carbocycles. The highest BCUT2D eigenvalue weighted by Gasteiger charge is 2.33. The van der Waals surface area contributed by atoms with E-state index in [1.165, 1.54) is 10.4 Å². The minimum atomic E-state index is -3.62. The van der Waals surface area contributed by atoms with E-state index in [0.717, 1.165) is 0 Å². The summed E-state index contributed by atoms with van der Waals surface area (Å²) >= 11 is 0. The van der Waals surface area contributed by atoms with Gasteiger partial charge in [-0.25, -0.2) is 8.42 Å². The lowest BCUT2D eigenvalue weighted by Gasteiger charge is -2.35. The first kappa shape index (κ1) is 18.0. The summed E-state index contributed by atoms with van der Waals surface area (Å²) < 4.78 is 38.0. The molecule has 25 heavy (non-hydrogen) atoms. The standard InChI is InChI=1S/C16H22N2O6S/c1-11-7-13-14(24-10-23-13)8-15(11)25(21,22)18-5-3-12(4-6-18)17(2)9-16(19)20/h7-8,12H,3-6,9-10H2,1-2H3,(H,19,20). The van der Waals surface area contributed by atoms with Crippen LogP contribution in [-0.4, -0.2) is 68.2 Å². The minimum Gasteiger partial charge on any atom is -0.480 e. The van der Waals surface area contributed by atoms with E-state index in [2.05, 4.69) is 0 Å². The molecule has 1 N–H and O–H groups in total. The van der Waals surface area contributed by atoms with Gasteiger partial charge in [0, 0.05) is 25.2 Å². The zero-order chi connectivity index (χ0) is 18.2. The number of hydrogen-bond acceptors (Lipinski definition) is 6. The van der Waals surface area contributed by atoms with Gasteiger partial charge in [0.25, 0.3) is 0 Å². The van der Waals surface area contributed by atoms with Crippen LogP contribution in [0.4, 0.5) is 0 Å². The van der Waals surface area contributed by atoms with Crippen LogP contribution in [0.15, 0.2) is 17.0 Å². The van der Waals surface area contributed by atoms with Crippen molar-refractivity contribution in [3.63, 3.8) is 0 Å². The smallest absolute Gasteiger partial charge is 0.317 e. The van der Waals surface area contributed by atoms with Crippen molar-refractivity contribution in [1.29, 1.82) is 0 Å². The van der Waals surface area contributed by atoms with Crippen LogP contribution < -0.4 is 9.47 Å². The first-order valence-electron chi connectivity index (χ1n) is 8.11. The van der Waals surface area contributed by atoms with Crippen LogP contribution in [0.25, 0.3) is 0 Å². The topological polar surface area (TPSA) is 96.4 Å². The number of carbonyl (C=O) groups is 1. The quantitative estimate of drug-likeness (QED) is 0.822. The van der Waals surface area contributed by atoms with E-state index in [1.54, 1.807) is 24.9 Å². The van der Waals surface area contributed by atoms with Crippen LogP contribution in [0.3, 0.4) is 0 Å². The zero-order valence-corrected chi connectivity index (χ0v) is 15.1. The molecule has 1 aromatic rings. The number of benzene rings is 1. The molecule has 3 rings (SSSR count). The number of rotatable bonds is 5. The summed E-state index contributed by atoms with van der Waals surface area (Å²) in [5, 5.41) is 8.88. The Morgan fingerprint density at radius 1 is 1.28 bits per heavy atom. The number of sulfonamides is 1. The van der Waals surface area contributed by atoms with E-state index in [1.807, 2.05) is 0 Å². The second-order valence-corrected chi connectivity index (χ2v) is 8.32. The molecule has 0 aromatic heterocycles. The van der Waals surface area contributed by atoms with Crippen molar-refractivity contribution in [1.82, 2.24) is 9.21 Å². The Balaban J connectivity index is 1.73. The Morgan fingerprint density at radius 3 is 2.48 bits per heavy atom. The van der Waals surface area contributed by atoms with Crippen molar-refractivity contribution in [2.45, 2.75) is 30.7 Å². The maximum absolute atomic E-state index is 13.0. The number of piperidine rings is 1. The fourth-order valence-corrected chi connectivity index (χ4v) is 5.00. The maximum Gasteiger partial charge on any atom is 0.317 e. The van der Waals surface area contributed by atoms with Gasteiger partial charge in [-0.2, -0.15) is 4.31 Å². The van der Waals surface area contributed by atoms with Gasteiger partial charge in [-0.3, -0.25) is 9.69 Å². The summed E-state index contributed by atoms with van der Waals surface area (Å²) in [6, 6.07) is 3.28. The van der Waals surface area contributed by atoms with E-state index in [9.17, 15) is 13.2 Å². The molecule has 0 aliphatic carbocycles. The Labute approximate surface area is 147 Å². The van der Waals surface area contributed by atoms with Gasteiger partial charge in [0.1, 0.15) is 0 Å². The fraction of sp³-hybridized carbons (Fsp3) is 0.562. The zero-order valence-electron chi connectivity index (χ0n) is 14.3. The summed E-state index contributed by atoms with van der Waals surface area (Å²) in [4.78, 5) is 12.8. The molecule has 138 valence electrons. The number of carboxylic acid groups (broad SMARTS) is 1. The van der Waals surface area contributed by atoms with Crippen LogP contribution in [0.5, 0.6) is 11.5 Å². The molecular formula is C16H22N2O6S. The summed E-state index contributed by atoms with van der Waals surface area (Å²) in [6.07, 6.45) is 1.21. The molecule has 1 saturated heterocycles. The third kappa shape index (κ3) is 3.58. The molecule has 0 atom stereocenters. The second kappa shape index (κ2) is 6.81. The van der Waals surface area contributed by atoms with Crippen molar-refractivity contribution < 1.29 is 27.8 Å². The van der Waals surface area contributed by atoms with E-state index in [-0.39, 0.29) is 24.3 Å². The van der Waals surface area contributed by atoms with Gasteiger partial charge in [-0.15, -0.1) is 0 Å². The van der Waals surface area contributed by atoms with Gasteiger partial charge in [0.05, 0.1) is 11.4 Å². The number of aryl methyl sites for hydroxylation is 1. The van der Waals surface area contributed by atoms with Crippen LogP contribution >= 0.6 is 0 Å². The number of aliphatic carboxylic acids is 1. The molecule has 1 fully saturated rings. The maximum atomic E-state index is 13.0. The molecule has 0 unspecified atom stereocenters. The van der Waals surface area contributed by atoms with E-state index in [4.69, 9.17) is 14.6 Å². The van der Waals surface area contributed by atoms with Gasteiger partial charge in [0.15, 0.2) is 11.5 Å². The van der Waals surface area contributed by atoms with Crippen molar-refractivity contribution in [2.24, 2.45) is 0 Å². The van der Waals surface area contributed by atoms with Crippen molar-refractivity contribution in [3.05, 3.63) is 17.7 Å². The fourth-order valence-electron chi connectivity index (χ4n) is 3.31. The Kier molecular flexibility index (Phi) is 4.90. The Morgan fingerprint density at radius 2 is 1.88 bits per heavy atom. The monoisotopic (exact) mass is 370 g/mol. The summed E-state index contributed by atoms with van der Waals surface area (Å²) in [6.45, 7) is 2.52. The van der Waals surface area contributed by atoms with Crippen LogP contribution in [0.1, 0.15) is 18.4 Å². The molecule has 9 heteroatoms. The lowest BCUT2D eigenvalue weighted by atomic mass is 10.1. The third-order valence-electron chi connectivity index (χ3n) is 4.72. The first-order chi connectivity index (χ1) is 11.8. The lowest BCUT2D eigenvalue weighted by molar-refractivity contribution is -0.138. The number of carboxylic acids is 1. The molecule has 2 heterocycles. The molecule has 0 bridgehead atoms. The van der Waals surface area contributed by atoms with Crippen LogP contribution in [0.2, 0.25) is 0 Å². The average molecular weight is 370 g/mol. The number of ether oxygens (including phenoxy) is 2. The van der Waals surface area contributed by atoms with Crippen LogP contribution in [0, 0.1) is 6.92 Å². The van der Waals surface area contributed by atoms with Crippen molar-refractivity contribution >= 4 is 16.0 Å². The van der Waals surface area contributed by atoms with E-state index >= 15 is 0 Å². The highest BCUT2D eigenvalue weighted by molar-refractivity contribution is 7.89. The molecular weight excluding hydrogens is 348 g/mol. The second-order valence-electron chi connectivity index (χ2n) is 6.42. The van der Waals surface area contributed by atoms with Crippen LogP contribution in [-0.2, 0) is 14.8 Å². The summed E-state index contributed by atoms with van der Waals surface area (Å²) in [5.74, 6) is 0.124. The lowest BCUT2D eigenvalue weighted by Crippen LogP contribution is -2.46. The number of fused-ring (bicyclic) bond motifs is 1. The molecule has 8 nitrogen and oxygen atoms in total. The normalized spacial score (nSPS) is 18.7. The molecule has 0 amide bonds. The largest absolute Gasteiger partial charge is 0.480 e. The highest BCUT2D eigenvalue weighted by atomic mass is 32.2. The third-order valence-corrected chi connectivity index (χ3v) is 6.76. The molecule has 0 radical (unpaired) electrons. The van der Waals surface area contributed by atoms with E-state index < -0.39 is 16.0 Å². The van der Waals surface area contributed by atoms with Gasteiger partial charge in [-0.1, -0.05) is 0 Å². The predicted octanol–water partition coefficient (Wildman–Crippen LogP) is 0.893. The van der Waals surface area contributed by atoms with Gasteiger partial charge in [0.2, 0.25) is 16.8 Å². The molecule has 0 spiro atoms. The molecule has 1 aromatic carbocycles. The van der Waals surface area contributed by atoms with Gasteiger partial charge < -0.3 is 14.6 Å². The SMILES string of the molecule is Cc1cc2c(cc1S(=O)(=O)N1CCC(N(C)CC(=O)O)CC1)OCO2. The number of likely N-dealkylation sites (N-methyl/N-ethyl adjacent to an activating group) is 1. The number of hydrogen-bond donors (Lipinski definition) is 1. The summed E-state index contributed by atoms with van der Waals surface area (Å²) in [5.41, 5.74) is 0.620. The van der Waals surface area contributed by atoms with Gasteiger partial charge in [-0.05, 0) is 38.4 Å².